The summed E-state index contributed by atoms with van der Waals surface area (Å²) in [5.74, 6) is 0.117. The molecule has 3 aromatic rings. The van der Waals surface area contributed by atoms with Crippen molar-refractivity contribution in [3.8, 4) is 5.75 Å². The summed E-state index contributed by atoms with van der Waals surface area (Å²) >= 11 is 5.67. The highest BCUT2D eigenvalue weighted by Gasteiger charge is 2.23. The SMILES string of the molecule is CCCC(c1ccc(C(=O)OC)cc1OC)c1c[nH]c2ccc(CC(C)C(=O)Cl)cc12. The van der Waals surface area contributed by atoms with Crippen LogP contribution in [0.5, 0.6) is 5.75 Å². The van der Waals surface area contributed by atoms with Crippen LogP contribution < -0.4 is 4.74 Å². The fourth-order valence-corrected chi connectivity index (χ4v) is 4.13. The smallest absolute Gasteiger partial charge is 0.337 e. The van der Waals surface area contributed by atoms with E-state index in [2.05, 4.69) is 18.0 Å². The normalized spacial score (nSPS) is 13.1. The van der Waals surface area contributed by atoms with Crippen molar-refractivity contribution in [1.82, 2.24) is 4.98 Å². The Bertz CT molecular complexity index is 1090. The second kappa shape index (κ2) is 10.0. The number of benzene rings is 2. The predicted molar refractivity (Wildman–Crippen MR) is 123 cm³/mol. The molecule has 164 valence electrons. The summed E-state index contributed by atoms with van der Waals surface area (Å²) in [4.78, 5) is 26.8. The van der Waals surface area contributed by atoms with E-state index in [9.17, 15) is 9.59 Å². The molecular weight excluding hydrogens is 414 g/mol. The molecule has 0 aliphatic carbocycles. The Balaban J connectivity index is 2.07. The number of carbonyl (C=O) groups excluding carboxylic acids is 2. The number of methoxy groups -OCH3 is 2. The lowest BCUT2D eigenvalue weighted by molar-refractivity contribution is -0.114. The van der Waals surface area contributed by atoms with Crippen LogP contribution in [0.3, 0.4) is 0 Å². The number of nitrogens with one attached hydrogen (secondary N) is 1. The Morgan fingerprint density at radius 1 is 1.10 bits per heavy atom. The molecule has 2 atom stereocenters. The molecule has 3 rings (SSSR count). The zero-order valence-corrected chi connectivity index (χ0v) is 19.1. The largest absolute Gasteiger partial charge is 0.496 e. The molecule has 1 N–H and O–H groups in total. The summed E-state index contributed by atoms with van der Waals surface area (Å²) in [5.41, 5.74) is 4.74. The lowest BCUT2D eigenvalue weighted by atomic mass is 9.86. The monoisotopic (exact) mass is 441 g/mol. The van der Waals surface area contributed by atoms with E-state index in [0.717, 1.165) is 40.4 Å². The highest BCUT2D eigenvalue weighted by atomic mass is 35.5. The number of halogens is 1. The lowest BCUT2D eigenvalue weighted by Crippen LogP contribution is -2.08. The van der Waals surface area contributed by atoms with Crippen molar-refractivity contribution >= 4 is 33.7 Å². The highest BCUT2D eigenvalue weighted by molar-refractivity contribution is 6.63. The zero-order valence-electron chi connectivity index (χ0n) is 18.3. The standard InChI is InChI=1S/C25H28ClNO4/c1-5-6-18(19-9-8-17(25(29)31-4)13-23(19)30-3)21-14-27-22-10-7-16(12-20(21)22)11-15(2)24(26)28/h7-10,12-15,18,27H,5-6,11H2,1-4H3. The number of esters is 1. The molecule has 2 aromatic carbocycles. The van der Waals surface area contributed by atoms with Gasteiger partial charge in [-0.3, -0.25) is 4.79 Å². The van der Waals surface area contributed by atoms with Crippen molar-refractivity contribution in [2.75, 3.05) is 14.2 Å². The van der Waals surface area contributed by atoms with Crippen molar-refractivity contribution in [1.29, 1.82) is 0 Å². The van der Waals surface area contributed by atoms with Gasteiger partial charge in [0.2, 0.25) is 5.24 Å². The maximum Gasteiger partial charge on any atom is 0.337 e. The molecule has 0 saturated carbocycles. The van der Waals surface area contributed by atoms with Gasteiger partial charge < -0.3 is 14.5 Å². The van der Waals surface area contributed by atoms with Crippen molar-refractivity contribution < 1.29 is 19.1 Å². The van der Waals surface area contributed by atoms with E-state index in [1.165, 1.54) is 7.11 Å². The van der Waals surface area contributed by atoms with Gasteiger partial charge in [-0.25, -0.2) is 4.79 Å². The predicted octanol–water partition coefficient (Wildman–Crippen LogP) is 5.84. The van der Waals surface area contributed by atoms with Gasteiger partial charge in [0.1, 0.15) is 5.75 Å². The van der Waals surface area contributed by atoms with E-state index in [1.807, 2.05) is 31.3 Å². The van der Waals surface area contributed by atoms with Crippen molar-refractivity contribution in [3.05, 3.63) is 64.8 Å². The topological polar surface area (TPSA) is 68.4 Å². The molecule has 0 radical (unpaired) electrons. The maximum absolute atomic E-state index is 11.9. The van der Waals surface area contributed by atoms with Crippen LogP contribution in [0.25, 0.3) is 10.9 Å². The Morgan fingerprint density at radius 2 is 1.87 bits per heavy atom. The molecule has 0 bridgehead atoms. The van der Waals surface area contributed by atoms with Crippen LogP contribution >= 0.6 is 11.6 Å². The summed E-state index contributed by atoms with van der Waals surface area (Å²) in [6.45, 7) is 3.99. The molecule has 0 aliphatic heterocycles. The molecule has 0 saturated heterocycles. The third-order valence-corrected chi connectivity index (χ3v) is 6.06. The number of H-pyrrole nitrogens is 1. The zero-order chi connectivity index (χ0) is 22.5. The number of fused-ring (bicyclic) bond motifs is 1. The molecule has 5 nitrogen and oxygen atoms in total. The summed E-state index contributed by atoms with van der Waals surface area (Å²) in [6.07, 6.45) is 4.54. The van der Waals surface area contributed by atoms with Gasteiger partial charge in [0.15, 0.2) is 0 Å². The molecule has 1 heterocycles. The van der Waals surface area contributed by atoms with Gasteiger partial charge in [-0.05, 0) is 59.8 Å². The first-order valence-electron chi connectivity index (χ1n) is 10.4. The minimum Gasteiger partial charge on any atom is -0.496 e. The Kier molecular flexibility index (Phi) is 7.39. The van der Waals surface area contributed by atoms with E-state index in [1.54, 1.807) is 19.2 Å². The van der Waals surface area contributed by atoms with Crippen LogP contribution in [-0.2, 0) is 16.0 Å². The van der Waals surface area contributed by atoms with Crippen LogP contribution in [0.15, 0.2) is 42.6 Å². The number of carbonyl (C=O) groups is 2. The molecule has 0 aliphatic rings. The van der Waals surface area contributed by atoms with Crippen molar-refractivity contribution in [3.63, 3.8) is 0 Å². The van der Waals surface area contributed by atoms with E-state index < -0.39 is 5.97 Å². The van der Waals surface area contributed by atoms with Crippen LogP contribution in [-0.4, -0.2) is 30.4 Å². The Morgan fingerprint density at radius 3 is 2.52 bits per heavy atom. The van der Waals surface area contributed by atoms with Gasteiger partial charge in [-0.2, -0.15) is 0 Å². The first-order chi connectivity index (χ1) is 14.9. The van der Waals surface area contributed by atoms with Crippen molar-refractivity contribution in [2.24, 2.45) is 5.92 Å². The van der Waals surface area contributed by atoms with Crippen LogP contribution in [0.4, 0.5) is 0 Å². The van der Waals surface area contributed by atoms with Gasteiger partial charge in [0, 0.05) is 34.5 Å². The fraction of sp³-hybridized carbons (Fsp3) is 0.360. The third kappa shape index (κ3) is 4.93. The number of aromatic nitrogens is 1. The highest BCUT2D eigenvalue weighted by Crippen LogP contribution is 2.39. The minimum atomic E-state index is -0.392. The maximum atomic E-state index is 11.9. The lowest BCUT2D eigenvalue weighted by Gasteiger charge is -2.20. The molecule has 6 heteroatoms. The van der Waals surface area contributed by atoms with E-state index in [-0.39, 0.29) is 17.1 Å². The van der Waals surface area contributed by atoms with E-state index in [0.29, 0.717) is 17.7 Å². The Labute approximate surface area is 187 Å². The quantitative estimate of drug-likeness (QED) is 0.334. The first kappa shape index (κ1) is 22.9. The van der Waals surface area contributed by atoms with Crippen LogP contribution in [0, 0.1) is 5.92 Å². The van der Waals surface area contributed by atoms with E-state index in [4.69, 9.17) is 21.1 Å². The van der Waals surface area contributed by atoms with Gasteiger partial charge in [-0.1, -0.05) is 32.4 Å². The fourth-order valence-electron chi connectivity index (χ4n) is 4.05. The first-order valence-corrected chi connectivity index (χ1v) is 10.8. The van der Waals surface area contributed by atoms with Crippen molar-refractivity contribution in [2.45, 2.75) is 39.0 Å². The summed E-state index contributed by atoms with van der Waals surface area (Å²) in [6, 6.07) is 11.7. The second-order valence-corrected chi connectivity index (χ2v) is 8.20. The molecule has 0 spiro atoms. The Hall–Kier alpha value is -2.79. The minimum absolute atomic E-state index is 0.0859. The summed E-state index contributed by atoms with van der Waals surface area (Å²) in [5, 5.41) is 0.790. The molecule has 2 unspecified atom stereocenters. The second-order valence-electron chi connectivity index (χ2n) is 7.82. The summed E-state index contributed by atoms with van der Waals surface area (Å²) in [7, 11) is 2.98. The van der Waals surface area contributed by atoms with Crippen LogP contribution in [0.2, 0.25) is 0 Å². The van der Waals surface area contributed by atoms with Gasteiger partial charge in [0.05, 0.1) is 19.8 Å². The third-order valence-electron chi connectivity index (χ3n) is 5.69. The molecule has 31 heavy (non-hydrogen) atoms. The van der Waals surface area contributed by atoms with Gasteiger partial charge in [-0.15, -0.1) is 0 Å². The van der Waals surface area contributed by atoms with Gasteiger partial charge >= 0.3 is 5.97 Å². The number of ether oxygens (including phenoxy) is 2. The number of rotatable bonds is 9. The number of aromatic amines is 1. The number of hydrogen-bond acceptors (Lipinski definition) is 4. The molecule has 0 fully saturated rings. The van der Waals surface area contributed by atoms with Gasteiger partial charge in [0.25, 0.3) is 0 Å². The molecular formula is C25H28ClNO4. The van der Waals surface area contributed by atoms with Crippen LogP contribution in [0.1, 0.15) is 59.7 Å². The number of hydrogen-bond donors (Lipinski definition) is 1. The molecule has 0 amide bonds. The van der Waals surface area contributed by atoms with E-state index >= 15 is 0 Å². The average Bonchev–Trinajstić information content (AvgIpc) is 3.19. The average molecular weight is 442 g/mol. The molecule has 1 aromatic heterocycles. The summed E-state index contributed by atoms with van der Waals surface area (Å²) < 4.78 is 10.5.